The first-order chi connectivity index (χ1) is 8.85. The molecule has 0 aromatic heterocycles. The van der Waals surface area contributed by atoms with E-state index in [1.165, 1.54) is 0 Å². The predicted octanol–water partition coefficient (Wildman–Crippen LogP) is 3.63. The molecule has 3 nitrogen and oxygen atoms in total. The summed E-state index contributed by atoms with van der Waals surface area (Å²) >= 11 is 9.15. The van der Waals surface area contributed by atoms with Gasteiger partial charge in [0.15, 0.2) is 0 Å². The predicted molar refractivity (Wildman–Crippen MR) is 81.6 cm³/mol. The molecule has 0 aliphatic carbocycles. The maximum Gasteiger partial charge on any atom is 0.252 e. The molecule has 1 aromatic carbocycles. The summed E-state index contributed by atoms with van der Waals surface area (Å²) in [5, 5.41) is 12.6. The van der Waals surface area contributed by atoms with Gasteiger partial charge in [-0.25, -0.2) is 0 Å². The monoisotopic (exact) mass is 347 g/mol. The highest BCUT2D eigenvalue weighted by Gasteiger charge is 2.16. The molecule has 0 radical (unpaired) electrons. The molecule has 0 saturated carbocycles. The highest BCUT2D eigenvalue weighted by atomic mass is 79.9. The van der Waals surface area contributed by atoms with Crippen molar-refractivity contribution in [1.82, 2.24) is 5.32 Å². The van der Waals surface area contributed by atoms with Crippen molar-refractivity contribution in [2.45, 2.75) is 26.7 Å². The van der Waals surface area contributed by atoms with E-state index in [9.17, 15) is 4.79 Å². The van der Waals surface area contributed by atoms with Gasteiger partial charge in [-0.05, 0) is 52.4 Å². The fraction of sp³-hybridized carbons (Fsp3) is 0.500. The van der Waals surface area contributed by atoms with Gasteiger partial charge in [-0.15, -0.1) is 0 Å². The molecular formula is C14H19BrClNO2. The lowest BCUT2D eigenvalue weighted by Gasteiger charge is -2.21. The Morgan fingerprint density at radius 3 is 2.74 bits per heavy atom. The van der Waals surface area contributed by atoms with Crippen LogP contribution in [0.3, 0.4) is 0 Å². The Morgan fingerprint density at radius 1 is 1.47 bits per heavy atom. The van der Waals surface area contributed by atoms with E-state index >= 15 is 0 Å². The number of aliphatic hydroxyl groups excluding tert-OH is 1. The first kappa shape index (κ1) is 16.5. The topological polar surface area (TPSA) is 49.3 Å². The Labute approximate surface area is 127 Å². The third kappa shape index (κ3) is 5.51. The van der Waals surface area contributed by atoms with E-state index in [-0.39, 0.29) is 17.9 Å². The van der Waals surface area contributed by atoms with E-state index < -0.39 is 0 Å². The summed E-state index contributed by atoms with van der Waals surface area (Å²) in [5.74, 6) is -0.120. The zero-order valence-corrected chi connectivity index (χ0v) is 13.5. The first-order valence-corrected chi connectivity index (χ1v) is 7.37. The van der Waals surface area contributed by atoms with E-state index in [1.807, 2.05) is 13.8 Å². The normalized spacial score (nSPS) is 11.4. The summed E-state index contributed by atoms with van der Waals surface area (Å²) in [6.07, 6.45) is 1.70. The zero-order chi connectivity index (χ0) is 14.5. The molecule has 0 aliphatic heterocycles. The largest absolute Gasteiger partial charge is 0.396 e. The molecule has 106 valence electrons. The molecule has 0 unspecified atom stereocenters. The second kappa shape index (κ2) is 7.27. The van der Waals surface area contributed by atoms with Crippen LogP contribution >= 0.6 is 27.5 Å². The summed E-state index contributed by atoms with van der Waals surface area (Å²) in [6.45, 7) is 4.76. The fourth-order valence-corrected chi connectivity index (χ4v) is 2.48. The van der Waals surface area contributed by atoms with Gasteiger partial charge in [-0.1, -0.05) is 25.4 Å². The average molecular weight is 349 g/mol. The van der Waals surface area contributed by atoms with Crippen molar-refractivity contribution in [3.8, 4) is 0 Å². The molecule has 0 saturated heterocycles. The van der Waals surface area contributed by atoms with Crippen LogP contribution in [0.15, 0.2) is 22.7 Å². The Kier molecular flexibility index (Phi) is 6.30. The van der Waals surface area contributed by atoms with Crippen LogP contribution < -0.4 is 5.32 Å². The minimum atomic E-state index is -0.120. The van der Waals surface area contributed by atoms with Crippen LogP contribution in [0.5, 0.6) is 0 Å². The Bertz CT molecular complexity index is 449. The lowest BCUT2D eigenvalue weighted by atomic mass is 9.89. The molecule has 5 heteroatoms. The van der Waals surface area contributed by atoms with E-state index in [0.717, 1.165) is 12.8 Å². The molecular weight excluding hydrogens is 330 g/mol. The third-order valence-corrected chi connectivity index (χ3v) is 3.81. The van der Waals surface area contributed by atoms with Gasteiger partial charge in [0.2, 0.25) is 0 Å². The Balaban J connectivity index is 2.44. The van der Waals surface area contributed by atoms with Crippen molar-refractivity contribution in [1.29, 1.82) is 0 Å². The van der Waals surface area contributed by atoms with Crippen molar-refractivity contribution >= 4 is 33.4 Å². The van der Waals surface area contributed by atoms with Gasteiger partial charge in [-0.2, -0.15) is 0 Å². The summed E-state index contributed by atoms with van der Waals surface area (Å²) in [5.41, 5.74) is 0.483. The molecule has 1 rings (SSSR count). The van der Waals surface area contributed by atoms with Crippen LogP contribution in [0.4, 0.5) is 0 Å². The number of halogens is 2. The summed E-state index contributed by atoms with van der Waals surface area (Å²) < 4.78 is 0.688. The molecule has 19 heavy (non-hydrogen) atoms. The number of benzene rings is 1. The quantitative estimate of drug-likeness (QED) is 0.771. The van der Waals surface area contributed by atoms with E-state index in [0.29, 0.717) is 21.6 Å². The van der Waals surface area contributed by atoms with Gasteiger partial charge in [0.25, 0.3) is 5.91 Å². The van der Waals surface area contributed by atoms with E-state index in [2.05, 4.69) is 21.2 Å². The highest BCUT2D eigenvalue weighted by Crippen LogP contribution is 2.22. The molecule has 1 amide bonds. The number of amides is 1. The van der Waals surface area contributed by atoms with Gasteiger partial charge in [-0.3, -0.25) is 4.79 Å². The molecule has 0 heterocycles. The maximum absolute atomic E-state index is 11.9. The van der Waals surface area contributed by atoms with Gasteiger partial charge >= 0.3 is 0 Å². The van der Waals surface area contributed by atoms with E-state index in [4.69, 9.17) is 16.7 Å². The average Bonchev–Trinajstić information content (AvgIpc) is 2.34. The summed E-state index contributed by atoms with van der Waals surface area (Å²) in [4.78, 5) is 11.9. The van der Waals surface area contributed by atoms with Crippen molar-refractivity contribution in [3.05, 3.63) is 33.3 Å². The first-order valence-electron chi connectivity index (χ1n) is 6.20. The van der Waals surface area contributed by atoms with Crippen LogP contribution in [-0.2, 0) is 0 Å². The molecule has 0 bridgehead atoms. The van der Waals surface area contributed by atoms with Crippen LogP contribution in [0.1, 0.15) is 37.0 Å². The zero-order valence-electron chi connectivity index (χ0n) is 11.2. The number of aliphatic hydroxyl groups is 1. The van der Waals surface area contributed by atoms with Crippen molar-refractivity contribution < 1.29 is 9.90 Å². The fourth-order valence-electron chi connectivity index (χ4n) is 1.62. The van der Waals surface area contributed by atoms with Crippen LogP contribution in [0.2, 0.25) is 5.02 Å². The molecule has 0 fully saturated rings. The summed E-state index contributed by atoms with van der Waals surface area (Å²) in [6, 6.07) is 5.08. The number of rotatable bonds is 6. The maximum atomic E-state index is 11.9. The number of nitrogens with one attached hydrogen (secondary N) is 1. The lowest BCUT2D eigenvalue weighted by molar-refractivity contribution is 0.0948. The van der Waals surface area contributed by atoms with Gasteiger partial charge in [0, 0.05) is 22.6 Å². The van der Waals surface area contributed by atoms with Crippen LogP contribution in [0, 0.1) is 5.41 Å². The van der Waals surface area contributed by atoms with Crippen LogP contribution in [0.25, 0.3) is 0 Å². The minimum absolute atomic E-state index is 0.0917. The number of hydrogen-bond donors (Lipinski definition) is 2. The van der Waals surface area contributed by atoms with Crippen molar-refractivity contribution in [2.75, 3.05) is 13.2 Å². The summed E-state index contributed by atoms with van der Waals surface area (Å²) in [7, 11) is 0. The molecule has 1 aromatic rings. The molecule has 0 spiro atoms. The molecule has 2 N–H and O–H groups in total. The lowest BCUT2D eigenvalue weighted by Crippen LogP contribution is -2.26. The van der Waals surface area contributed by atoms with Gasteiger partial charge in [0.1, 0.15) is 0 Å². The van der Waals surface area contributed by atoms with Crippen LogP contribution in [-0.4, -0.2) is 24.2 Å². The standard InChI is InChI=1S/C14H19BrClNO2/c1-14(2,9-18)6-3-7-17-13(19)11-5-4-10(16)8-12(11)15/h4-5,8,18H,3,6-7,9H2,1-2H3,(H,17,19). The van der Waals surface area contributed by atoms with Gasteiger partial charge < -0.3 is 10.4 Å². The second-order valence-electron chi connectivity index (χ2n) is 5.31. The third-order valence-electron chi connectivity index (χ3n) is 2.92. The number of carbonyl (C=O) groups is 1. The SMILES string of the molecule is CC(C)(CO)CCCNC(=O)c1ccc(Cl)cc1Br. The number of carbonyl (C=O) groups excluding carboxylic acids is 1. The Hall–Kier alpha value is -0.580. The second-order valence-corrected chi connectivity index (χ2v) is 6.60. The van der Waals surface area contributed by atoms with Gasteiger partial charge in [0.05, 0.1) is 5.56 Å². The number of hydrogen-bond acceptors (Lipinski definition) is 2. The molecule has 0 aliphatic rings. The highest BCUT2D eigenvalue weighted by molar-refractivity contribution is 9.10. The molecule has 0 atom stereocenters. The van der Waals surface area contributed by atoms with Crippen molar-refractivity contribution in [3.63, 3.8) is 0 Å². The smallest absolute Gasteiger partial charge is 0.252 e. The minimum Gasteiger partial charge on any atom is -0.396 e. The van der Waals surface area contributed by atoms with Crippen molar-refractivity contribution in [2.24, 2.45) is 5.41 Å². The van der Waals surface area contributed by atoms with E-state index in [1.54, 1.807) is 18.2 Å². The Morgan fingerprint density at radius 2 is 2.16 bits per heavy atom.